The first-order valence-electron chi connectivity index (χ1n) is 7.07. The number of aliphatic hydroxyl groups is 1. The summed E-state index contributed by atoms with van der Waals surface area (Å²) in [6, 6.07) is -4.19. The van der Waals surface area contributed by atoms with Crippen LogP contribution >= 0.6 is 25.3 Å². The molecule has 0 aliphatic rings. The quantitative estimate of drug-likeness (QED) is 0.239. The summed E-state index contributed by atoms with van der Waals surface area (Å²) in [5.41, 5.74) is 0. The number of aliphatic hydroxyl groups excluding tert-OH is 1. The molecule has 0 bridgehead atoms. The Hall–Kier alpha value is -1.79. The minimum atomic E-state index is -1.60. The lowest BCUT2D eigenvalue weighted by Crippen LogP contribution is -2.60. The molecule has 10 nitrogen and oxygen atoms in total. The zero-order chi connectivity index (χ0) is 19.7. The Bertz CT molecular complexity index is 544. The van der Waals surface area contributed by atoms with Gasteiger partial charge in [0.25, 0.3) is 5.91 Å². The first-order chi connectivity index (χ1) is 11.6. The zero-order valence-electron chi connectivity index (χ0n) is 13.6. The summed E-state index contributed by atoms with van der Waals surface area (Å²) in [4.78, 5) is 59.2. The zero-order valence-corrected chi connectivity index (χ0v) is 15.4. The average Bonchev–Trinajstić information content (AvgIpc) is 2.53. The third-order valence-corrected chi connectivity index (χ3v) is 3.73. The summed E-state index contributed by atoms with van der Waals surface area (Å²) in [5, 5.41) is 22.1. The molecule has 4 N–H and O–H groups in total. The van der Waals surface area contributed by atoms with Gasteiger partial charge in [-0.15, -0.1) is 0 Å². The molecule has 0 saturated heterocycles. The maximum Gasteiger partial charge on any atom is 0.328 e. The summed E-state index contributed by atoms with van der Waals surface area (Å²) in [5.74, 6) is -5.11. The lowest BCUT2D eigenvalue weighted by molar-refractivity contribution is -0.152. The van der Waals surface area contributed by atoms with Crippen molar-refractivity contribution in [2.75, 3.05) is 18.1 Å². The first kappa shape index (κ1) is 23.2. The van der Waals surface area contributed by atoms with Crippen LogP contribution in [-0.4, -0.2) is 80.9 Å². The van der Waals surface area contributed by atoms with E-state index in [0.717, 1.165) is 6.92 Å². The fraction of sp³-hybridized carbons (Fsp3) is 0.615. The number of carbonyl (C=O) groups excluding carboxylic acids is 4. The van der Waals surface area contributed by atoms with E-state index < -0.39 is 54.3 Å². The second kappa shape index (κ2) is 10.9. The van der Waals surface area contributed by atoms with E-state index >= 15 is 0 Å². The van der Waals surface area contributed by atoms with E-state index in [9.17, 15) is 24.0 Å². The van der Waals surface area contributed by atoms with Crippen molar-refractivity contribution in [3.05, 3.63) is 0 Å². The van der Waals surface area contributed by atoms with Crippen LogP contribution in [0.1, 0.15) is 13.8 Å². The summed E-state index contributed by atoms with van der Waals surface area (Å²) in [7, 11) is 0. The standard InChI is InChI=1S/C13H21N3O7S2/c1-6(18)14-9(4-24)12(21)16(7(2)19)10(5-25)11(20)15-8(3-17)13(22)23/h8-10,17,24-25H,3-5H2,1-2H3,(H,14,18)(H,15,20)(H,22,23)/t8-,9-,10-/m0/s1. The molecule has 0 aliphatic carbocycles. The van der Waals surface area contributed by atoms with Crippen molar-refractivity contribution in [3.8, 4) is 0 Å². The van der Waals surface area contributed by atoms with Gasteiger partial charge in [-0.2, -0.15) is 25.3 Å². The molecule has 12 heteroatoms. The normalized spacial score (nSPS) is 14.0. The first-order valence-corrected chi connectivity index (χ1v) is 8.33. The third-order valence-electron chi connectivity index (χ3n) is 3.02. The number of imide groups is 1. The van der Waals surface area contributed by atoms with Crippen LogP contribution < -0.4 is 10.6 Å². The fourth-order valence-corrected chi connectivity index (χ4v) is 2.44. The number of rotatable bonds is 9. The second-order valence-corrected chi connectivity index (χ2v) is 5.67. The van der Waals surface area contributed by atoms with Gasteiger partial charge in [-0.25, -0.2) is 4.79 Å². The molecule has 4 amide bonds. The molecule has 0 rings (SSSR count). The van der Waals surface area contributed by atoms with Gasteiger partial charge in [0, 0.05) is 25.4 Å². The molecule has 0 aromatic heterocycles. The van der Waals surface area contributed by atoms with E-state index in [2.05, 4.69) is 30.6 Å². The van der Waals surface area contributed by atoms with Gasteiger partial charge in [0.2, 0.25) is 17.7 Å². The number of hydrogen-bond acceptors (Lipinski definition) is 8. The van der Waals surface area contributed by atoms with Crippen LogP contribution in [0.5, 0.6) is 0 Å². The van der Waals surface area contributed by atoms with Crippen LogP contribution in [0, 0.1) is 0 Å². The fourth-order valence-electron chi connectivity index (χ4n) is 1.86. The van der Waals surface area contributed by atoms with Crippen LogP contribution in [0.4, 0.5) is 0 Å². The Kier molecular flexibility index (Phi) is 10.2. The van der Waals surface area contributed by atoms with E-state index in [1.807, 2.05) is 5.32 Å². The Labute approximate surface area is 155 Å². The van der Waals surface area contributed by atoms with E-state index in [1.165, 1.54) is 6.92 Å². The molecular weight excluding hydrogens is 374 g/mol. The topological polar surface area (TPSA) is 153 Å². The van der Waals surface area contributed by atoms with Crippen molar-refractivity contribution >= 4 is 54.9 Å². The van der Waals surface area contributed by atoms with Gasteiger partial charge in [0.05, 0.1) is 6.61 Å². The molecule has 0 radical (unpaired) electrons. The number of thiol groups is 2. The third kappa shape index (κ3) is 6.92. The van der Waals surface area contributed by atoms with E-state index in [-0.39, 0.29) is 11.5 Å². The molecule has 0 fully saturated rings. The number of nitrogens with zero attached hydrogens (tertiary/aromatic N) is 1. The number of aliphatic carboxylic acids is 1. The number of carboxylic acid groups (broad SMARTS) is 1. The smallest absolute Gasteiger partial charge is 0.328 e. The van der Waals surface area contributed by atoms with Crippen LogP contribution in [-0.2, 0) is 24.0 Å². The number of amides is 4. The summed E-state index contributed by atoms with van der Waals surface area (Å²) in [6.45, 7) is 1.33. The molecule has 0 saturated carbocycles. The van der Waals surface area contributed by atoms with Gasteiger partial charge in [-0.3, -0.25) is 24.1 Å². The highest BCUT2D eigenvalue weighted by Crippen LogP contribution is 2.08. The molecule has 0 aromatic rings. The van der Waals surface area contributed by atoms with E-state index in [4.69, 9.17) is 10.2 Å². The van der Waals surface area contributed by atoms with Crippen molar-refractivity contribution in [2.45, 2.75) is 32.0 Å². The van der Waals surface area contributed by atoms with Gasteiger partial charge < -0.3 is 20.8 Å². The van der Waals surface area contributed by atoms with Crippen LogP contribution in [0.3, 0.4) is 0 Å². The van der Waals surface area contributed by atoms with Crippen molar-refractivity contribution in [1.29, 1.82) is 0 Å². The molecule has 3 atom stereocenters. The largest absolute Gasteiger partial charge is 0.480 e. The predicted octanol–water partition coefficient (Wildman–Crippen LogP) is -2.34. The van der Waals surface area contributed by atoms with E-state index in [0.29, 0.717) is 4.90 Å². The predicted molar refractivity (Wildman–Crippen MR) is 93.3 cm³/mol. The highest BCUT2D eigenvalue weighted by molar-refractivity contribution is 7.80. The SMILES string of the molecule is CC(=O)N[C@@H](CS)C(=O)N(C(C)=O)[C@@H](CS)C(=O)N[C@@H](CO)C(=O)O. The monoisotopic (exact) mass is 395 g/mol. The number of hydrogen-bond donors (Lipinski definition) is 6. The summed E-state index contributed by atoms with van der Waals surface area (Å²) < 4.78 is 0. The molecule has 142 valence electrons. The van der Waals surface area contributed by atoms with Gasteiger partial charge in [-0.1, -0.05) is 0 Å². The molecule has 0 aromatic carbocycles. The van der Waals surface area contributed by atoms with Gasteiger partial charge >= 0.3 is 5.97 Å². The lowest BCUT2D eigenvalue weighted by atomic mass is 10.1. The highest BCUT2D eigenvalue weighted by atomic mass is 32.1. The number of carboxylic acids is 1. The molecule has 0 unspecified atom stereocenters. The lowest BCUT2D eigenvalue weighted by Gasteiger charge is -2.30. The Balaban J connectivity index is 5.53. The minimum absolute atomic E-state index is 0.127. The second-order valence-electron chi connectivity index (χ2n) is 4.94. The highest BCUT2D eigenvalue weighted by Gasteiger charge is 2.37. The van der Waals surface area contributed by atoms with Crippen molar-refractivity contribution < 1.29 is 34.2 Å². The van der Waals surface area contributed by atoms with Crippen molar-refractivity contribution in [2.24, 2.45) is 0 Å². The number of carbonyl (C=O) groups is 5. The van der Waals surface area contributed by atoms with Crippen molar-refractivity contribution in [3.63, 3.8) is 0 Å². The van der Waals surface area contributed by atoms with Gasteiger partial charge in [-0.05, 0) is 0 Å². The maximum atomic E-state index is 12.5. The van der Waals surface area contributed by atoms with Gasteiger partial charge in [0.1, 0.15) is 18.1 Å². The molecular formula is C13H21N3O7S2. The average molecular weight is 395 g/mol. The van der Waals surface area contributed by atoms with Gasteiger partial charge in [0.15, 0.2) is 0 Å². The van der Waals surface area contributed by atoms with Crippen LogP contribution in [0.25, 0.3) is 0 Å². The number of nitrogens with one attached hydrogen (secondary N) is 2. The maximum absolute atomic E-state index is 12.5. The van der Waals surface area contributed by atoms with E-state index in [1.54, 1.807) is 0 Å². The Morgan fingerprint density at radius 2 is 1.56 bits per heavy atom. The van der Waals surface area contributed by atoms with Crippen LogP contribution in [0.2, 0.25) is 0 Å². The summed E-state index contributed by atoms with van der Waals surface area (Å²) >= 11 is 7.87. The summed E-state index contributed by atoms with van der Waals surface area (Å²) in [6.07, 6.45) is 0. The molecule has 0 spiro atoms. The Morgan fingerprint density at radius 3 is 1.88 bits per heavy atom. The Morgan fingerprint density at radius 1 is 1.00 bits per heavy atom. The van der Waals surface area contributed by atoms with Crippen LogP contribution in [0.15, 0.2) is 0 Å². The molecule has 0 aliphatic heterocycles. The minimum Gasteiger partial charge on any atom is -0.480 e. The molecule has 0 heterocycles. The van der Waals surface area contributed by atoms with Crippen molar-refractivity contribution in [1.82, 2.24) is 15.5 Å². The molecule has 25 heavy (non-hydrogen) atoms.